The van der Waals surface area contributed by atoms with Gasteiger partial charge in [-0.3, -0.25) is 14.4 Å². The third-order valence-corrected chi connectivity index (χ3v) is 14.9. The maximum absolute atomic E-state index is 12.9. The summed E-state index contributed by atoms with van der Waals surface area (Å²) >= 11 is 0. The Labute approximate surface area is 484 Å². The summed E-state index contributed by atoms with van der Waals surface area (Å²) in [5.74, 6) is -0.858. The molecule has 452 valence electrons. The molecule has 0 radical (unpaired) electrons. The van der Waals surface area contributed by atoms with Gasteiger partial charge in [-0.15, -0.1) is 0 Å². The summed E-state index contributed by atoms with van der Waals surface area (Å²) in [6.07, 6.45) is 86.5. The zero-order valence-electron chi connectivity index (χ0n) is 51.9. The first-order valence-corrected chi connectivity index (χ1v) is 33.9. The Morgan fingerprint density at radius 3 is 0.808 bits per heavy atom. The molecule has 0 aliphatic heterocycles. The summed E-state index contributed by atoms with van der Waals surface area (Å²) in [6.45, 7) is 6.53. The van der Waals surface area contributed by atoms with Crippen molar-refractivity contribution in [1.29, 1.82) is 0 Å². The summed E-state index contributed by atoms with van der Waals surface area (Å²) in [5, 5.41) is 0. The van der Waals surface area contributed by atoms with Gasteiger partial charge in [0.15, 0.2) is 6.10 Å². The molecule has 0 rings (SSSR count). The lowest BCUT2D eigenvalue weighted by Crippen LogP contribution is -2.30. The van der Waals surface area contributed by atoms with Crippen molar-refractivity contribution in [3.05, 3.63) is 72.9 Å². The summed E-state index contributed by atoms with van der Waals surface area (Å²) in [7, 11) is 0. The fourth-order valence-corrected chi connectivity index (χ4v) is 9.88. The Balaban J connectivity index is 4.12. The van der Waals surface area contributed by atoms with E-state index >= 15 is 0 Å². The Bertz CT molecular complexity index is 1440. The number of esters is 3. The smallest absolute Gasteiger partial charge is 0.306 e. The van der Waals surface area contributed by atoms with Crippen molar-refractivity contribution in [1.82, 2.24) is 0 Å². The average Bonchev–Trinajstić information content (AvgIpc) is 3.44. The van der Waals surface area contributed by atoms with Crippen LogP contribution in [0.3, 0.4) is 0 Å². The van der Waals surface area contributed by atoms with Gasteiger partial charge in [0, 0.05) is 19.3 Å². The molecule has 0 bridgehead atoms. The molecule has 0 heterocycles. The minimum Gasteiger partial charge on any atom is -0.462 e. The molecule has 0 saturated heterocycles. The van der Waals surface area contributed by atoms with Crippen LogP contribution in [-0.4, -0.2) is 37.2 Å². The predicted molar refractivity (Wildman–Crippen MR) is 339 cm³/mol. The molecule has 0 saturated carbocycles. The van der Waals surface area contributed by atoms with Crippen LogP contribution in [0.15, 0.2) is 72.9 Å². The fourth-order valence-electron chi connectivity index (χ4n) is 9.88. The van der Waals surface area contributed by atoms with E-state index in [0.717, 1.165) is 89.9 Å². The first kappa shape index (κ1) is 74.8. The number of carbonyl (C=O) groups is 3. The van der Waals surface area contributed by atoms with E-state index in [1.165, 1.54) is 218 Å². The maximum Gasteiger partial charge on any atom is 0.306 e. The predicted octanol–water partition coefficient (Wildman–Crippen LogP) is 23.3. The minimum atomic E-state index is -0.774. The lowest BCUT2D eigenvalue weighted by atomic mass is 10.0. The number of unbranched alkanes of at least 4 members (excludes halogenated alkanes) is 39. The maximum atomic E-state index is 12.9. The van der Waals surface area contributed by atoms with E-state index in [4.69, 9.17) is 14.2 Å². The van der Waals surface area contributed by atoms with Crippen molar-refractivity contribution < 1.29 is 28.6 Å². The lowest BCUT2D eigenvalue weighted by molar-refractivity contribution is -0.167. The molecule has 0 aliphatic rings. The van der Waals surface area contributed by atoms with E-state index in [9.17, 15) is 14.4 Å². The number of ether oxygens (including phenoxy) is 3. The molecule has 0 amide bonds. The molecule has 1 unspecified atom stereocenters. The highest BCUT2D eigenvalue weighted by Gasteiger charge is 2.19. The number of carbonyl (C=O) groups excluding carboxylic acids is 3. The van der Waals surface area contributed by atoms with E-state index < -0.39 is 6.10 Å². The second kappa shape index (κ2) is 66.4. The Hall–Kier alpha value is -3.15. The summed E-state index contributed by atoms with van der Waals surface area (Å²) in [5.41, 5.74) is 0. The zero-order chi connectivity index (χ0) is 56.4. The molecule has 1 atom stereocenters. The normalized spacial score (nSPS) is 12.5. The highest BCUT2D eigenvalue weighted by atomic mass is 16.6. The molecule has 0 aliphatic carbocycles. The number of hydrogen-bond donors (Lipinski definition) is 0. The molecule has 0 aromatic rings. The third kappa shape index (κ3) is 63.7. The van der Waals surface area contributed by atoms with Crippen LogP contribution in [0.2, 0.25) is 0 Å². The topological polar surface area (TPSA) is 78.9 Å². The Morgan fingerprint density at radius 1 is 0.269 bits per heavy atom. The SMILES string of the molecule is CC/C=C\C/C=C\C/C=C\C/C=C\CCCCCCCCCCCCCCCCCCCCC(=O)OCC(COC(=O)CCCCCCCCCCCC)OC(=O)CCCCCCCCCCC/C=C\C/C=C\CCCCC. The second-order valence-electron chi connectivity index (χ2n) is 22.7. The van der Waals surface area contributed by atoms with Crippen LogP contribution in [0.5, 0.6) is 0 Å². The van der Waals surface area contributed by atoms with Crippen molar-refractivity contribution in [2.24, 2.45) is 0 Å². The Morgan fingerprint density at radius 2 is 0.500 bits per heavy atom. The highest BCUT2D eigenvalue weighted by Crippen LogP contribution is 2.18. The molecular formula is C72H128O6. The summed E-state index contributed by atoms with van der Waals surface area (Å²) < 4.78 is 16.9. The fraction of sp³-hybridized carbons (Fsp3) is 0.792. The first-order valence-electron chi connectivity index (χ1n) is 33.9. The summed E-state index contributed by atoms with van der Waals surface area (Å²) in [6, 6.07) is 0. The van der Waals surface area contributed by atoms with Crippen molar-refractivity contribution in [2.45, 2.75) is 354 Å². The van der Waals surface area contributed by atoms with E-state index in [1.54, 1.807) is 0 Å². The molecule has 0 fully saturated rings. The van der Waals surface area contributed by atoms with Gasteiger partial charge in [0.2, 0.25) is 0 Å². The van der Waals surface area contributed by atoms with Crippen molar-refractivity contribution in [2.75, 3.05) is 13.2 Å². The largest absolute Gasteiger partial charge is 0.462 e. The number of rotatable bonds is 62. The lowest BCUT2D eigenvalue weighted by Gasteiger charge is -2.18. The molecular weight excluding hydrogens is 961 g/mol. The van der Waals surface area contributed by atoms with Crippen LogP contribution < -0.4 is 0 Å². The quantitative estimate of drug-likeness (QED) is 0.0261. The van der Waals surface area contributed by atoms with Crippen LogP contribution in [0.4, 0.5) is 0 Å². The first-order chi connectivity index (χ1) is 38.5. The van der Waals surface area contributed by atoms with Gasteiger partial charge in [-0.05, 0) is 89.9 Å². The van der Waals surface area contributed by atoms with Gasteiger partial charge in [-0.1, -0.05) is 312 Å². The van der Waals surface area contributed by atoms with Gasteiger partial charge in [0.05, 0.1) is 0 Å². The molecule has 6 heteroatoms. The zero-order valence-corrected chi connectivity index (χ0v) is 51.9. The number of allylic oxidation sites excluding steroid dienone is 12. The molecule has 0 spiro atoms. The molecule has 0 aromatic carbocycles. The third-order valence-electron chi connectivity index (χ3n) is 14.9. The van der Waals surface area contributed by atoms with Crippen LogP contribution in [0, 0.1) is 0 Å². The van der Waals surface area contributed by atoms with Gasteiger partial charge < -0.3 is 14.2 Å². The standard InChI is InChI=1S/C72H128O6/c1-4-7-10-13-16-19-22-24-26-28-30-31-32-33-34-35-36-37-38-39-40-41-43-44-46-48-50-53-56-59-62-65-71(74)77-68-69(67-76-70(73)64-61-58-55-52-21-18-15-12-9-6-3)78-72(75)66-63-60-57-54-51-49-47-45-42-29-27-25-23-20-17-14-11-8-5-2/h7,10,16-17,19-20,24-27,30-31,69H,4-6,8-9,11-15,18,21-23,28-29,32-68H2,1-3H3/b10-7-,19-16-,20-17-,26-24-,27-25-,31-30-. The monoisotopic (exact) mass is 1090 g/mol. The van der Waals surface area contributed by atoms with Gasteiger partial charge in [0.1, 0.15) is 13.2 Å². The number of hydrogen-bond acceptors (Lipinski definition) is 6. The van der Waals surface area contributed by atoms with Crippen molar-refractivity contribution in [3.8, 4) is 0 Å². The molecule has 0 N–H and O–H groups in total. The van der Waals surface area contributed by atoms with Crippen LogP contribution in [0.25, 0.3) is 0 Å². The minimum absolute atomic E-state index is 0.0717. The van der Waals surface area contributed by atoms with Gasteiger partial charge in [-0.2, -0.15) is 0 Å². The van der Waals surface area contributed by atoms with E-state index in [1.807, 2.05) is 0 Å². The Kier molecular flexibility index (Phi) is 63.7. The van der Waals surface area contributed by atoms with Gasteiger partial charge >= 0.3 is 17.9 Å². The van der Waals surface area contributed by atoms with E-state index in [-0.39, 0.29) is 31.1 Å². The molecule has 0 aromatic heterocycles. The van der Waals surface area contributed by atoms with Gasteiger partial charge in [-0.25, -0.2) is 0 Å². The van der Waals surface area contributed by atoms with Gasteiger partial charge in [0.25, 0.3) is 0 Å². The van der Waals surface area contributed by atoms with E-state index in [0.29, 0.717) is 19.3 Å². The van der Waals surface area contributed by atoms with Crippen LogP contribution in [0.1, 0.15) is 348 Å². The van der Waals surface area contributed by atoms with Crippen LogP contribution >= 0.6 is 0 Å². The second-order valence-corrected chi connectivity index (χ2v) is 22.7. The molecule has 78 heavy (non-hydrogen) atoms. The molecule has 6 nitrogen and oxygen atoms in total. The van der Waals surface area contributed by atoms with Crippen molar-refractivity contribution in [3.63, 3.8) is 0 Å². The van der Waals surface area contributed by atoms with E-state index in [2.05, 4.69) is 93.7 Å². The summed E-state index contributed by atoms with van der Waals surface area (Å²) in [4.78, 5) is 38.3. The highest BCUT2D eigenvalue weighted by molar-refractivity contribution is 5.71. The van der Waals surface area contributed by atoms with Crippen LogP contribution in [-0.2, 0) is 28.6 Å². The van der Waals surface area contributed by atoms with Crippen molar-refractivity contribution >= 4 is 17.9 Å². The average molecular weight is 1090 g/mol.